The Bertz CT molecular complexity index is 881. The van der Waals surface area contributed by atoms with Crippen LogP contribution in [0.3, 0.4) is 0 Å². The smallest absolute Gasteiger partial charge is 0.254 e. The van der Waals surface area contributed by atoms with Gasteiger partial charge in [0.25, 0.3) is 5.91 Å². The Hall–Kier alpha value is -3.33. The first-order chi connectivity index (χ1) is 13.2. The Labute approximate surface area is 158 Å². The van der Waals surface area contributed by atoms with Crippen molar-refractivity contribution < 1.29 is 14.0 Å². The van der Waals surface area contributed by atoms with Crippen LogP contribution in [0.1, 0.15) is 34.5 Å². The second kappa shape index (κ2) is 8.37. The van der Waals surface area contributed by atoms with Gasteiger partial charge in [0.05, 0.1) is 25.3 Å². The van der Waals surface area contributed by atoms with Crippen LogP contribution in [-0.4, -0.2) is 29.8 Å². The van der Waals surface area contributed by atoms with Gasteiger partial charge in [0, 0.05) is 24.3 Å². The lowest BCUT2D eigenvalue weighted by Gasteiger charge is -2.31. The van der Waals surface area contributed by atoms with Gasteiger partial charge in [0.15, 0.2) is 0 Å². The van der Waals surface area contributed by atoms with E-state index in [1.807, 2.05) is 6.07 Å². The standard InChI is InChI=1S/C21H21N3O3/c1-2-20(25)24-13-4-9-17-18(8-3-10-19(17)24)21(26)23(12-6-11-22)15-16-7-5-14-27-16/h2-3,5,7-8,10,14H,1,4,6,9,12-13,15H2. The van der Waals surface area contributed by atoms with Crippen LogP contribution in [-0.2, 0) is 17.8 Å². The molecule has 27 heavy (non-hydrogen) atoms. The van der Waals surface area contributed by atoms with Crippen LogP contribution in [0, 0.1) is 11.3 Å². The molecule has 0 aliphatic carbocycles. The Kier molecular flexibility index (Phi) is 5.72. The van der Waals surface area contributed by atoms with Crippen molar-refractivity contribution in [3.8, 4) is 6.07 Å². The molecular weight excluding hydrogens is 342 g/mol. The monoisotopic (exact) mass is 363 g/mol. The van der Waals surface area contributed by atoms with E-state index in [2.05, 4.69) is 12.6 Å². The molecule has 0 bridgehead atoms. The molecule has 1 aromatic heterocycles. The number of carbonyl (C=O) groups excluding carboxylic acids is 2. The molecule has 0 N–H and O–H groups in total. The molecule has 0 saturated carbocycles. The Morgan fingerprint density at radius 2 is 2.19 bits per heavy atom. The van der Waals surface area contributed by atoms with E-state index in [-0.39, 0.29) is 18.2 Å². The molecule has 0 radical (unpaired) electrons. The Morgan fingerprint density at radius 1 is 1.33 bits per heavy atom. The third-order valence-electron chi connectivity index (χ3n) is 4.63. The van der Waals surface area contributed by atoms with Crippen molar-refractivity contribution in [2.45, 2.75) is 25.8 Å². The van der Waals surface area contributed by atoms with Gasteiger partial charge in [-0.25, -0.2) is 0 Å². The lowest BCUT2D eigenvalue weighted by atomic mass is 9.95. The number of amides is 2. The first-order valence-corrected chi connectivity index (χ1v) is 8.90. The molecule has 6 nitrogen and oxygen atoms in total. The summed E-state index contributed by atoms with van der Waals surface area (Å²) in [6, 6.07) is 11.1. The molecule has 2 aromatic rings. The normalized spacial score (nSPS) is 12.8. The lowest BCUT2D eigenvalue weighted by molar-refractivity contribution is -0.114. The Morgan fingerprint density at radius 3 is 2.89 bits per heavy atom. The predicted octanol–water partition coefficient (Wildman–Crippen LogP) is 3.30. The number of nitriles is 1. The molecule has 0 spiro atoms. The molecule has 138 valence electrons. The van der Waals surface area contributed by atoms with E-state index in [4.69, 9.17) is 9.68 Å². The summed E-state index contributed by atoms with van der Waals surface area (Å²) in [6.07, 6.45) is 4.60. The zero-order valence-electron chi connectivity index (χ0n) is 15.1. The van der Waals surface area contributed by atoms with Crippen molar-refractivity contribution in [1.29, 1.82) is 5.26 Å². The summed E-state index contributed by atoms with van der Waals surface area (Å²) >= 11 is 0. The molecule has 0 saturated heterocycles. The van der Waals surface area contributed by atoms with Crippen LogP contribution in [0.4, 0.5) is 5.69 Å². The second-order valence-corrected chi connectivity index (χ2v) is 6.31. The highest BCUT2D eigenvalue weighted by atomic mass is 16.3. The van der Waals surface area contributed by atoms with Crippen LogP contribution >= 0.6 is 0 Å². The van der Waals surface area contributed by atoms with Crippen molar-refractivity contribution in [3.05, 3.63) is 66.1 Å². The van der Waals surface area contributed by atoms with Gasteiger partial charge >= 0.3 is 0 Å². The number of carbonyl (C=O) groups is 2. The minimum Gasteiger partial charge on any atom is -0.467 e. The SMILES string of the molecule is C=CC(=O)N1CCCc2c(C(=O)N(CCC#N)Cc3ccco3)cccc21. The van der Waals surface area contributed by atoms with Gasteiger partial charge in [-0.2, -0.15) is 5.26 Å². The molecule has 2 amide bonds. The number of furan rings is 1. The molecule has 0 atom stereocenters. The number of anilines is 1. The van der Waals surface area contributed by atoms with Crippen LogP contribution in [0.25, 0.3) is 0 Å². The second-order valence-electron chi connectivity index (χ2n) is 6.31. The predicted molar refractivity (Wildman–Crippen MR) is 101 cm³/mol. The molecule has 3 rings (SSSR count). The first-order valence-electron chi connectivity index (χ1n) is 8.90. The van der Waals surface area contributed by atoms with Crippen LogP contribution in [0.5, 0.6) is 0 Å². The van der Waals surface area contributed by atoms with E-state index in [0.717, 1.165) is 24.1 Å². The summed E-state index contributed by atoms with van der Waals surface area (Å²) in [4.78, 5) is 28.7. The van der Waals surface area contributed by atoms with E-state index in [9.17, 15) is 9.59 Å². The topological polar surface area (TPSA) is 77.5 Å². The van der Waals surface area contributed by atoms with Gasteiger partial charge in [0.2, 0.25) is 5.91 Å². The van der Waals surface area contributed by atoms with Crippen molar-refractivity contribution >= 4 is 17.5 Å². The lowest BCUT2D eigenvalue weighted by Crippen LogP contribution is -2.36. The summed E-state index contributed by atoms with van der Waals surface area (Å²) in [7, 11) is 0. The van der Waals surface area contributed by atoms with Crippen molar-refractivity contribution in [2.24, 2.45) is 0 Å². The minimum absolute atomic E-state index is 0.161. The van der Waals surface area contributed by atoms with Crippen molar-refractivity contribution in [1.82, 2.24) is 4.90 Å². The Balaban J connectivity index is 1.94. The van der Waals surface area contributed by atoms with E-state index < -0.39 is 0 Å². The zero-order chi connectivity index (χ0) is 19.2. The summed E-state index contributed by atoms with van der Waals surface area (Å²) < 4.78 is 5.36. The average molecular weight is 363 g/mol. The number of rotatable bonds is 6. The average Bonchev–Trinajstić information content (AvgIpc) is 3.22. The van der Waals surface area contributed by atoms with Gasteiger partial charge in [-0.3, -0.25) is 9.59 Å². The van der Waals surface area contributed by atoms with E-state index in [0.29, 0.717) is 31.0 Å². The van der Waals surface area contributed by atoms with Crippen molar-refractivity contribution in [3.63, 3.8) is 0 Å². The highest BCUT2D eigenvalue weighted by Crippen LogP contribution is 2.31. The van der Waals surface area contributed by atoms with Gasteiger partial charge in [-0.1, -0.05) is 12.6 Å². The first kappa shape index (κ1) is 18.5. The van der Waals surface area contributed by atoms with Crippen molar-refractivity contribution in [2.75, 3.05) is 18.0 Å². The third-order valence-corrected chi connectivity index (χ3v) is 4.63. The number of hydrogen-bond donors (Lipinski definition) is 0. The largest absolute Gasteiger partial charge is 0.467 e. The number of benzene rings is 1. The molecule has 1 aliphatic heterocycles. The minimum atomic E-state index is -0.169. The van der Waals surface area contributed by atoms with E-state index >= 15 is 0 Å². The zero-order valence-corrected chi connectivity index (χ0v) is 15.1. The van der Waals surface area contributed by atoms with E-state index in [1.165, 1.54) is 6.08 Å². The fourth-order valence-electron chi connectivity index (χ4n) is 3.36. The highest BCUT2D eigenvalue weighted by Gasteiger charge is 2.27. The molecule has 6 heteroatoms. The maximum absolute atomic E-state index is 13.2. The van der Waals surface area contributed by atoms with Gasteiger partial charge in [-0.05, 0) is 48.7 Å². The summed E-state index contributed by atoms with van der Waals surface area (Å²) in [5.74, 6) is 0.332. The molecule has 2 heterocycles. The maximum Gasteiger partial charge on any atom is 0.254 e. The third kappa shape index (κ3) is 3.93. The molecule has 1 aromatic carbocycles. The fraction of sp³-hybridized carbons (Fsp3) is 0.286. The summed E-state index contributed by atoms with van der Waals surface area (Å²) in [5, 5.41) is 8.94. The molecule has 1 aliphatic rings. The van der Waals surface area contributed by atoms with Crippen LogP contribution < -0.4 is 4.90 Å². The van der Waals surface area contributed by atoms with Gasteiger partial charge < -0.3 is 14.2 Å². The number of fused-ring (bicyclic) bond motifs is 1. The number of hydrogen-bond acceptors (Lipinski definition) is 4. The summed E-state index contributed by atoms with van der Waals surface area (Å²) in [6.45, 7) is 4.79. The van der Waals surface area contributed by atoms with E-state index in [1.54, 1.807) is 40.3 Å². The summed E-state index contributed by atoms with van der Waals surface area (Å²) in [5.41, 5.74) is 2.19. The quantitative estimate of drug-likeness (QED) is 0.738. The highest BCUT2D eigenvalue weighted by molar-refractivity contribution is 6.04. The molecule has 0 unspecified atom stereocenters. The number of nitrogens with zero attached hydrogens (tertiary/aromatic N) is 3. The molecular formula is C21H21N3O3. The van der Waals surface area contributed by atoms with Crippen LogP contribution in [0.2, 0.25) is 0 Å². The fourth-order valence-corrected chi connectivity index (χ4v) is 3.36. The van der Waals surface area contributed by atoms with Crippen LogP contribution in [0.15, 0.2) is 53.7 Å². The van der Waals surface area contributed by atoms with Gasteiger partial charge in [0.1, 0.15) is 5.76 Å². The van der Waals surface area contributed by atoms with Gasteiger partial charge in [-0.15, -0.1) is 0 Å². The maximum atomic E-state index is 13.2. The molecule has 0 fully saturated rings.